The fourth-order valence-corrected chi connectivity index (χ4v) is 4.63. The number of tetrazole rings is 1. The number of hydrogen-bond donors (Lipinski definition) is 2. The number of carbonyl (C=O) groups excluding carboxylic acids is 2. The largest absolute Gasteiger partial charge is 0.478 e. The zero-order valence-corrected chi connectivity index (χ0v) is 21.5. The summed E-state index contributed by atoms with van der Waals surface area (Å²) in [6.07, 6.45) is 4.77. The minimum atomic E-state index is -1.08. The lowest BCUT2D eigenvalue weighted by molar-refractivity contribution is -0.135. The van der Waals surface area contributed by atoms with Crippen molar-refractivity contribution in [1.29, 1.82) is 0 Å². The van der Waals surface area contributed by atoms with E-state index in [4.69, 9.17) is 28.3 Å². The van der Waals surface area contributed by atoms with Gasteiger partial charge in [0.05, 0.1) is 11.3 Å². The number of carboxylic acids is 1. The van der Waals surface area contributed by atoms with Crippen LogP contribution in [0.1, 0.15) is 33.2 Å². The molecule has 2 amide bonds. The number of nitrogens with one attached hydrogen (secondary N) is 1. The number of carboxylic acid groups (broad SMARTS) is 1. The highest BCUT2D eigenvalue weighted by Crippen LogP contribution is 2.32. The Labute approximate surface area is 231 Å². The molecular weight excluding hydrogens is 545 g/mol. The Bertz CT molecular complexity index is 1590. The molecule has 3 heterocycles. The Morgan fingerprint density at radius 3 is 2.56 bits per heavy atom. The molecule has 1 aliphatic heterocycles. The number of amides is 2. The summed E-state index contributed by atoms with van der Waals surface area (Å²) in [5, 5.41) is 23.8. The van der Waals surface area contributed by atoms with E-state index in [1.165, 1.54) is 46.3 Å². The summed E-state index contributed by atoms with van der Waals surface area (Å²) < 4.78 is 1.44. The third-order valence-corrected chi connectivity index (χ3v) is 6.54. The number of aromatic carboxylic acids is 1. The van der Waals surface area contributed by atoms with Crippen LogP contribution in [-0.4, -0.2) is 59.5 Å². The van der Waals surface area contributed by atoms with Crippen molar-refractivity contribution >= 4 is 52.7 Å². The Balaban J connectivity index is 1.45. The molecule has 1 unspecified atom stereocenters. The first-order valence-corrected chi connectivity index (χ1v) is 12.4. The first-order valence-electron chi connectivity index (χ1n) is 11.6. The lowest BCUT2D eigenvalue weighted by atomic mass is 9.95. The molecule has 1 aliphatic rings. The van der Waals surface area contributed by atoms with Gasteiger partial charge in [-0.05, 0) is 65.0 Å². The van der Waals surface area contributed by atoms with Gasteiger partial charge in [-0.15, -0.1) is 5.10 Å². The Morgan fingerprint density at radius 2 is 1.85 bits per heavy atom. The summed E-state index contributed by atoms with van der Waals surface area (Å²) >= 11 is 12.3. The maximum atomic E-state index is 13.5. The van der Waals surface area contributed by atoms with Crippen LogP contribution in [0.2, 0.25) is 10.2 Å². The van der Waals surface area contributed by atoms with Gasteiger partial charge < -0.3 is 15.3 Å². The number of nitrogens with zero attached hydrogens (tertiary/aromatic N) is 6. The minimum absolute atomic E-state index is 0.0823. The van der Waals surface area contributed by atoms with E-state index < -0.39 is 23.8 Å². The third-order valence-electron chi connectivity index (χ3n) is 6.09. The maximum absolute atomic E-state index is 13.5. The molecule has 1 atom stereocenters. The van der Waals surface area contributed by atoms with Crippen molar-refractivity contribution in [2.75, 3.05) is 11.9 Å². The summed E-state index contributed by atoms with van der Waals surface area (Å²) in [5.74, 6) is -1.98. The second-order valence-corrected chi connectivity index (χ2v) is 9.34. The zero-order valence-electron chi connectivity index (χ0n) is 20.0. The fraction of sp³-hybridized carbons (Fsp3) is 0.115. The molecule has 13 heteroatoms. The number of fused-ring (bicyclic) bond motifs is 1. The molecule has 0 saturated heterocycles. The summed E-state index contributed by atoms with van der Waals surface area (Å²) in [7, 11) is 0. The number of benzene rings is 2. The van der Waals surface area contributed by atoms with Crippen molar-refractivity contribution in [3.63, 3.8) is 0 Å². The summed E-state index contributed by atoms with van der Waals surface area (Å²) in [5.41, 5.74) is 2.83. The van der Waals surface area contributed by atoms with Crippen LogP contribution in [0, 0.1) is 0 Å². The summed E-state index contributed by atoms with van der Waals surface area (Å²) in [4.78, 5) is 44.0. The van der Waals surface area contributed by atoms with E-state index in [1.54, 1.807) is 36.4 Å². The monoisotopic (exact) mass is 563 g/mol. The average molecular weight is 564 g/mol. The summed E-state index contributed by atoms with van der Waals surface area (Å²) in [6, 6.07) is 13.0. The van der Waals surface area contributed by atoms with Crippen LogP contribution >= 0.6 is 23.2 Å². The van der Waals surface area contributed by atoms with Gasteiger partial charge in [0.2, 0.25) is 5.91 Å². The van der Waals surface area contributed by atoms with Crippen molar-refractivity contribution in [2.24, 2.45) is 0 Å². The zero-order chi connectivity index (χ0) is 27.5. The topological polar surface area (TPSA) is 143 Å². The van der Waals surface area contributed by atoms with Crippen LogP contribution < -0.4 is 5.32 Å². The third kappa shape index (κ3) is 5.64. The molecule has 0 aliphatic carbocycles. The number of carbonyl (C=O) groups is 3. The van der Waals surface area contributed by atoms with Crippen molar-refractivity contribution < 1.29 is 19.5 Å². The first-order chi connectivity index (χ1) is 18.8. The highest BCUT2D eigenvalue weighted by atomic mass is 35.5. The van der Waals surface area contributed by atoms with Gasteiger partial charge in [-0.1, -0.05) is 29.3 Å². The predicted octanol–water partition coefficient (Wildman–Crippen LogP) is 3.84. The number of rotatable bonds is 6. The second kappa shape index (κ2) is 11.0. The molecule has 2 aromatic heterocycles. The molecule has 11 nitrogen and oxygen atoms in total. The van der Waals surface area contributed by atoms with E-state index in [9.17, 15) is 14.4 Å². The molecule has 39 heavy (non-hydrogen) atoms. The van der Waals surface area contributed by atoms with Crippen LogP contribution in [0.5, 0.6) is 0 Å². The second-order valence-electron chi connectivity index (χ2n) is 8.52. The smallest absolute Gasteiger partial charge is 0.335 e. The Hall–Kier alpha value is -4.61. The SMILES string of the molecule is O=C(O)c1ccc(NC(=O)C2c3ccc(Cl)nc3CCN2C(=O)C=Cc2cc(Cl)ccc2-n2cnnn2)cc1. The molecule has 196 valence electrons. The molecule has 5 rings (SSSR count). The Kier molecular flexibility index (Phi) is 7.35. The average Bonchev–Trinajstić information content (AvgIpc) is 3.46. The van der Waals surface area contributed by atoms with Crippen molar-refractivity contribution in [3.8, 4) is 5.69 Å². The predicted molar refractivity (Wildman–Crippen MR) is 143 cm³/mol. The number of pyridine rings is 1. The van der Waals surface area contributed by atoms with Gasteiger partial charge in [0, 0.05) is 46.6 Å². The fourth-order valence-electron chi connectivity index (χ4n) is 4.28. The van der Waals surface area contributed by atoms with Gasteiger partial charge in [-0.3, -0.25) is 9.59 Å². The van der Waals surface area contributed by atoms with Gasteiger partial charge >= 0.3 is 5.97 Å². The molecule has 0 radical (unpaired) electrons. The van der Waals surface area contributed by atoms with Crippen molar-refractivity contribution in [1.82, 2.24) is 30.1 Å². The van der Waals surface area contributed by atoms with Gasteiger partial charge in [0.15, 0.2) is 0 Å². The number of halogens is 2. The van der Waals surface area contributed by atoms with E-state index in [2.05, 4.69) is 25.8 Å². The molecular formula is C26H19Cl2N7O4. The lowest BCUT2D eigenvalue weighted by Gasteiger charge is -2.35. The van der Waals surface area contributed by atoms with Crippen LogP contribution in [0.4, 0.5) is 5.69 Å². The minimum Gasteiger partial charge on any atom is -0.478 e. The molecule has 0 bridgehead atoms. The molecule has 0 spiro atoms. The molecule has 0 fully saturated rings. The first kappa shape index (κ1) is 26.0. The maximum Gasteiger partial charge on any atom is 0.335 e. The molecule has 0 saturated carbocycles. The van der Waals surface area contributed by atoms with Crippen LogP contribution in [0.25, 0.3) is 11.8 Å². The lowest BCUT2D eigenvalue weighted by Crippen LogP contribution is -2.45. The molecule has 2 aromatic carbocycles. The van der Waals surface area contributed by atoms with Crippen LogP contribution in [-0.2, 0) is 16.0 Å². The molecule has 4 aromatic rings. The van der Waals surface area contributed by atoms with Gasteiger partial charge in [0.25, 0.3) is 5.91 Å². The van der Waals surface area contributed by atoms with Crippen LogP contribution in [0.3, 0.4) is 0 Å². The van der Waals surface area contributed by atoms with Crippen LogP contribution in [0.15, 0.2) is 67.0 Å². The van der Waals surface area contributed by atoms with E-state index in [0.29, 0.717) is 39.6 Å². The van der Waals surface area contributed by atoms with Gasteiger partial charge in [0.1, 0.15) is 17.5 Å². The number of anilines is 1. The van der Waals surface area contributed by atoms with E-state index >= 15 is 0 Å². The van der Waals surface area contributed by atoms with Crippen molar-refractivity contribution in [2.45, 2.75) is 12.5 Å². The van der Waals surface area contributed by atoms with Gasteiger partial charge in [-0.2, -0.15) is 4.68 Å². The highest BCUT2D eigenvalue weighted by molar-refractivity contribution is 6.30. The quantitative estimate of drug-likeness (QED) is 0.266. The standard InChI is InChI=1S/C26H19Cl2N7O4/c27-17-4-8-21(35-14-29-32-33-35)16(13-17)3-10-23(36)34-12-11-20-19(7-9-22(28)31-20)24(34)25(37)30-18-5-1-15(2-6-18)26(38)39/h1-10,13-14,24H,11-12H2,(H,30,37)(H,38,39). The number of aromatic nitrogens is 5. The Morgan fingerprint density at radius 1 is 1.05 bits per heavy atom. The summed E-state index contributed by atoms with van der Waals surface area (Å²) in [6.45, 7) is 0.217. The van der Waals surface area contributed by atoms with E-state index in [1.807, 2.05) is 0 Å². The number of hydrogen-bond acceptors (Lipinski definition) is 7. The highest BCUT2D eigenvalue weighted by Gasteiger charge is 2.36. The molecule has 2 N–H and O–H groups in total. The van der Waals surface area contributed by atoms with Crippen molar-refractivity contribution in [3.05, 3.63) is 99.6 Å². The van der Waals surface area contributed by atoms with Gasteiger partial charge in [-0.25, -0.2) is 9.78 Å². The normalized spacial score (nSPS) is 14.7. The van der Waals surface area contributed by atoms with E-state index in [-0.39, 0.29) is 17.3 Å². The van der Waals surface area contributed by atoms with E-state index in [0.717, 1.165) is 0 Å².